The summed E-state index contributed by atoms with van der Waals surface area (Å²) in [6.45, 7) is 5.03. The van der Waals surface area contributed by atoms with Gasteiger partial charge in [-0.3, -0.25) is 14.5 Å². The number of hydrogen-bond acceptors (Lipinski definition) is 5. The van der Waals surface area contributed by atoms with Gasteiger partial charge in [0.2, 0.25) is 11.9 Å². The summed E-state index contributed by atoms with van der Waals surface area (Å²) in [6.07, 6.45) is 1.55. The number of aromatic nitrogens is 2. The molecule has 0 saturated heterocycles. The molecule has 0 aliphatic carbocycles. The minimum atomic E-state index is -1.04. The van der Waals surface area contributed by atoms with Gasteiger partial charge in [0.05, 0.1) is 30.3 Å². The van der Waals surface area contributed by atoms with Crippen molar-refractivity contribution in [2.45, 2.75) is 32.7 Å². The molecule has 2 heterocycles. The van der Waals surface area contributed by atoms with E-state index in [0.29, 0.717) is 25.5 Å². The first-order chi connectivity index (χ1) is 18.1. The Kier molecular flexibility index (Phi) is 7.21. The SMILES string of the molecule is CCCOc1ccc([C@H]2[C@H](C(=O)OCC)C(=O)N(CCc3ccccc3)c3nc4ccccc4n32)cc1. The van der Waals surface area contributed by atoms with Gasteiger partial charge in [-0.25, -0.2) is 4.98 Å². The number of rotatable bonds is 9. The van der Waals surface area contributed by atoms with Crippen LogP contribution in [0.4, 0.5) is 5.95 Å². The Morgan fingerprint density at radius 3 is 2.41 bits per heavy atom. The zero-order chi connectivity index (χ0) is 25.8. The molecule has 5 rings (SSSR count). The molecule has 0 N–H and O–H groups in total. The summed E-state index contributed by atoms with van der Waals surface area (Å²) in [4.78, 5) is 33.9. The molecular formula is C30H31N3O4. The van der Waals surface area contributed by atoms with Crippen LogP contribution in [-0.2, 0) is 20.7 Å². The monoisotopic (exact) mass is 497 g/mol. The Morgan fingerprint density at radius 1 is 0.946 bits per heavy atom. The maximum Gasteiger partial charge on any atom is 0.321 e. The number of carbonyl (C=O) groups is 2. The van der Waals surface area contributed by atoms with Crippen LogP contribution in [0.1, 0.15) is 37.4 Å². The molecule has 1 aliphatic heterocycles. The molecule has 4 aromatic rings. The largest absolute Gasteiger partial charge is 0.494 e. The van der Waals surface area contributed by atoms with Gasteiger partial charge in [0.15, 0.2) is 5.92 Å². The molecule has 2 atom stereocenters. The molecule has 0 radical (unpaired) electrons. The summed E-state index contributed by atoms with van der Waals surface area (Å²) in [5, 5.41) is 0. The Morgan fingerprint density at radius 2 is 1.68 bits per heavy atom. The maximum atomic E-state index is 14.0. The number of benzene rings is 3. The third-order valence-corrected chi connectivity index (χ3v) is 6.65. The van der Waals surface area contributed by atoms with Gasteiger partial charge < -0.3 is 14.0 Å². The lowest BCUT2D eigenvalue weighted by atomic mass is 9.89. The van der Waals surface area contributed by atoms with Crippen molar-refractivity contribution in [3.8, 4) is 5.75 Å². The summed E-state index contributed by atoms with van der Waals surface area (Å²) in [6, 6.07) is 24.8. The van der Waals surface area contributed by atoms with E-state index in [1.807, 2.05) is 83.4 Å². The minimum Gasteiger partial charge on any atom is -0.494 e. The van der Waals surface area contributed by atoms with Crippen LogP contribution in [0.15, 0.2) is 78.9 Å². The van der Waals surface area contributed by atoms with E-state index in [0.717, 1.165) is 34.3 Å². The van der Waals surface area contributed by atoms with E-state index in [9.17, 15) is 9.59 Å². The second kappa shape index (κ2) is 10.9. The number of carbonyl (C=O) groups excluding carboxylic acids is 2. The molecule has 1 aromatic heterocycles. The normalized spacial score (nSPS) is 17.0. The zero-order valence-corrected chi connectivity index (χ0v) is 21.2. The number of imidazole rings is 1. The number of esters is 1. The van der Waals surface area contributed by atoms with Gasteiger partial charge in [0.25, 0.3) is 0 Å². The van der Waals surface area contributed by atoms with Crippen molar-refractivity contribution in [3.63, 3.8) is 0 Å². The van der Waals surface area contributed by atoms with Crippen molar-refractivity contribution >= 4 is 28.9 Å². The molecule has 7 nitrogen and oxygen atoms in total. The highest BCUT2D eigenvalue weighted by molar-refractivity contribution is 6.08. The van der Waals surface area contributed by atoms with Crippen molar-refractivity contribution in [2.24, 2.45) is 5.92 Å². The highest BCUT2D eigenvalue weighted by Gasteiger charge is 2.47. The Labute approximate surface area is 216 Å². The predicted octanol–water partition coefficient (Wildman–Crippen LogP) is 5.18. The van der Waals surface area contributed by atoms with Gasteiger partial charge in [0.1, 0.15) is 5.75 Å². The number of hydrogen-bond donors (Lipinski definition) is 0. The first-order valence-corrected chi connectivity index (χ1v) is 12.8. The fourth-order valence-electron chi connectivity index (χ4n) is 4.93. The molecule has 190 valence electrons. The molecule has 0 unspecified atom stereocenters. The fourth-order valence-corrected chi connectivity index (χ4v) is 4.93. The predicted molar refractivity (Wildman–Crippen MR) is 143 cm³/mol. The van der Waals surface area contributed by atoms with Crippen molar-refractivity contribution in [3.05, 3.63) is 90.0 Å². The van der Waals surface area contributed by atoms with E-state index in [4.69, 9.17) is 14.5 Å². The number of amides is 1. The van der Waals surface area contributed by atoms with E-state index in [1.165, 1.54) is 0 Å². The van der Waals surface area contributed by atoms with Crippen LogP contribution in [0.25, 0.3) is 11.0 Å². The van der Waals surface area contributed by atoms with Crippen molar-refractivity contribution in [1.82, 2.24) is 9.55 Å². The number of ether oxygens (including phenoxy) is 2. The maximum absolute atomic E-state index is 14.0. The van der Waals surface area contributed by atoms with E-state index in [-0.39, 0.29) is 12.5 Å². The Bertz CT molecular complexity index is 1380. The fraction of sp³-hybridized carbons (Fsp3) is 0.300. The van der Waals surface area contributed by atoms with Crippen molar-refractivity contribution in [1.29, 1.82) is 0 Å². The smallest absolute Gasteiger partial charge is 0.321 e. The number of nitrogens with zero attached hydrogens (tertiary/aromatic N) is 3. The molecule has 1 aliphatic rings. The summed E-state index contributed by atoms with van der Waals surface area (Å²) >= 11 is 0. The van der Waals surface area contributed by atoms with Crippen molar-refractivity contribution < 1.29 is 19.1 Å². The standard InChI is InChI=1S/C30H31N3O4/c1-3-20-37-23-16-14-22(15-17-23)27-26(29(35)36-4-2)28(34)32(19-18-21-10-6-5-7-11-21)30-31-24-12-8-9-13-25(24)33(27)30/h5-17,26-27H,3-4,18-20H2,1-2H3/t26-,27-/m0/s1. The molecule has 0 fully saturated rings. The minimum absolute atomic E-state index is 0.195. The zero-order valence-electron chi connectivity index (χ0n) is 21.2. The van der Waals surface area contributed by atoms with Crippen LogP contribution in [0.2, 0.25) is 0 Å². The molecule has 0 saturated carbocycles. The second-order valence-corrected chi connectivity index (χ2v) is 9.09. The summed E-state index contributed by atoms with van der Waals surface area (Å²) in [7, 11) is 0. The van der Waals surface area contributed by atoms with Gasteiger partial charge in [-0.05, 0) is 55.2 Å². The average molecular weight is 498 g/mol. The average Bonchev–Trinajstić information content (AvgIpc) is 3.31. The van der Waals surface area contributed by atoms with Gasteiger partial charge >= 0.3 is 5.97 Å². The van der Waals surface area contributed by atoms with Gasteiger partial charge in [-0.1, -0.05) is 61.5 Å². The topological polar surface area (TPSA) is 73.7 Å². The van der Waals surface area contributed by atoms with Gasteiger partial charge in [-0.15, -0.1) is 0 Å². The molecule has 0 bridgehead atoms. The molecule has 0 spiro atoms. The van der Waals surface area contributed by atoms with Crippen LogP contribution in [-0.4, -0.2) is 41.2 Å². The molecule has 7 heteroatoms. The quantitative estimate of drug-likeness (QED) is 0.235. The van der Waals surface area contributed by atoms with E-state index in [2.05, 4.69) is 6.92 Å². The van der Waals surface area contributed by atoms with E-state index < -0.39 is 17.9 Å². The van der Waals surface area contributed by atoms with Gasteiger partial charge in [-0.2, -0.15) is 0 Å². The molecule has 3 aromatic carbocycles. The Balaban J connectivity index is 1.62. The van der Waals surface area contributed by atoms with E-state index >= 15 is 0 Å². The van der Waals surface area contributed by atoms with Crippen LogP contribution >= 0.6 is 0 Å². The summed E-state index contributed by atoms with van der Waals surface area (Å²) in [5.74, 6) is -0.576. The molecule has 37 heavy (non-hydrogen) atoms. The summed E-state index contributed by atoms with van der Waals surface area (Å²) < 4.78 is 13.2. The highest BCUT2D eigenvalue weighted by atomic mass is 16.5. The van der Waals surface area contributed by atoms with Crippen LogP contribution in [0.3, 0.4) is 0 Å². The highest BCUT2D eigenvalue weighted by Crippen LogP contribution is 2.41. The lowest BCUT2D eigenvalue weighted by Gasteiger charge is -2.38. The second-order valence-electron chi connectivity index (χ2n) is 9.09. The Hall–Kier alpha value is -4.13. The molecule has 1 amide bonds. The van der Waals surface area contributed by atoms with Crippen molar-refractivity contribution in [2.75, 3.05) is 24.7 Å². The number of fused-ring (bicyclic) bond motifs is 3. The lowest BCUT2D eigenvalue weighted by Crippen LogP contribution is -2.50. The lowest BCUT2D eigenvalue weighted by molar-refractivity contribution is -0.153. The van der Waals surface area contributed by atoms with Crippen LogP contribution < -0.4 is 9.64 Å². The molecular weight excluding hydrogens is 466 g/mol. The van der Waals surface area contributed by atoms with E-state index in [1.54, 1.807) is 11.8 Å². The third-order valence-electron chi connectivity index (χ3n) is 6.65. The number of anilines is 1. The first kappa shape index (κ1) is 24.6. The third kappa shape index (κ3) is 4.81. The first-order valence-electron chi connectivity index (χ1n) is 12.8. The van der Waals surface area contributed by atoms with Crippen LogP contribution in [0, 0.1) is 5.92 Å². The van der Waals surface area contributed by atoms with Gasteiger partial charge in [0, 0.05) is 6.54 Å². The number of para-hydroxylation sites is 2. The van der Waals surface area contributed by atoms with Crippen LogP contribution in [0.5, 0.6) is 5.75 Å². The summed E-state index contributed by atoms with van der Waals surface area (Å²) in [5.41, 5.74) is 3.56.